The molecule has 0 saturated heterocycles. The molecule has 0 spiro atoms. The Labute approximate surface area is 124 Å². The van der Waals surface area contributed by atoms with Gasteiger partial charge in [-0.2, -0.15) is 0 Å². The van der Waals surface area contributed by atoms with Crippen molar-refractivity contribution in [2.45, 2.75) is 6.92 Å². The van der Waals surface area contributed by atoms with E-state index in [0.717, 1.165) is 28.3 Å². The van der Waals surface area contributed by atoms with Crippen LogP contribution in [-0.2, 0) is 0 Å². The number of nitrogens with zero attached hydrogens (tertiary/aromatic N) is 2. The molecule has 0 fully saturated rings. The average Bonchev–Trinajstić information content (AvgIpc) is 2.84. The first kappa shape index (κ1) is 13.6. The summed E-state index contributed by atoms with van der Waals surface area (Å²) in [6.07, 6.45) is 1.67. The number of aromatic nitrogens is 2. The Morgan fingerprint density at radius 1 is 1.10 bits per heavy atom. The number of anilines is 1. The van der Waals surface area contributed by atoms with Gasteiger partial charge in [-0.15, -0.1) is 0 Å². The molecular formula is C15H11F2N3S. The molecule has 0 amide bonds. The van der Waals surface area contributed by atoms with E-state index in [-0.39, 0.29) is 0 Å². The summed E-state index contributed by atoms with van der Waals surface area (Å²) >= 11 is 1.27. The van der Waals surface area contributed by atoms with Gasteiger partial charge in [0.2, 0.25) is 0 Å². The number of hydrogen-bond donors (Lipinski definition) is 1. The molecule has 21 heavy (non-hydrogen) atoms. The minimum Gasteiger partial charge on any atom is -0.375 e. The monoisotopic (exact) mass is 303 g/mol. The molecule has 0 saturated carbocycles. The smallest absolute Gasteiger partial charge is 0.181 e. The molecule has 3 rings (SSSR count). The van der Waals surface area contributed by atoms with Gasteiger partial charge in [0.1, 0.15) is 0 Å². The molecule has 0 radical (unpaired) electrons. The Balaban J connectivity index is 2.20. The van der Waals surface area contributed by atoms with Crippen molar-refractivity contribution < 1.29 is 8.78 Å². The molecule has 2 aromatic heterocycles. The lowest BCUT2D eigenvalue weighted by molar-refractivity contribution is 0.509. The first-order valence-electron chi connectivity index (χ1n) is 6.20. The van der Waals surface area contributed by atoms with E-state index in [4.69, 9.17) is 5.73 Å². The Morgan fingerprint density at radius 2 is 1.90 bits per heavy atom. The fourth-order valence-corrected chi connectivity index (χ4v) is 2.98. The third-order valence-electron chi connectivity index (χ3n) is 3.06. The van der Waals surface area contributed by atoms with Gasteiger partial charge in [-0.3, -0.25) is 4.98 Å². The summed E-state index contributed by atoms with van der Waals surface area (Å²) in [6, 6.07) is 7.43. The van der Waals surface area contributed by atoms with Crippen molar-refractivity contribution in [1.82, 2.24) is 9.97 Å². The molecule has 6 heteroatoms. The van der Waals surface area contributed by atoms with Crippen LogP contribution < -0.4 is 5.73 Å². The first-order chi connectivity index (χ1) is 10.1. The van der Waals surface area contributed by atoms with Gasteiger partial charge in [0.05, 0.1) is 16.3 Å². The van der Waals surface area contributed by atoms with Crippen LogP contribution >= 0.6 is 11.3 Å². The molecule has 2 N–H and O–H groups in total. The molecule has 0 aliphatic carbocycles. The number of rotatable bonds is 2. The maximum absolute atomic E-state index is 13.4. The van der Waals surface area contributed by atoms with Crippen molar-refractivity contribution in [3.63, 3.8) is 0 Å². The fourth-order valence-electron chi connectivity index (χ4n) is 2.06. The minimum absolute atomic E-state index is 0.356. The van der Waals surface area contributed by atoms with Crippen LogP contribution in [0, 0.1) is 18.6 Å². The summed E-state index contributed by atoms with van der Waals surface area (Å²) < 4.78 is 26.5. The van der Waals surface area contributed by atoms with Crippen molar-refractivity contribution in [2.24, 2.45) is 0 Å². The van der Waals surface area contributed by atoms with Gasteiger partial charge >= 0.3 is 0 Å². The van der Waals surface area contributed by atoms with Gasteiger partial charge in [-0.25, -0.2) is 13.8 Å². The van der Waals surface area contributed by atoms with Gasteiger partial charge in [0.15, 0.2) is 16.8 Å². The van der Waals surface area contributed by atoms with E-state index in [9.17, 15) is 8.78 Å². The summed E-state index contributed by atoms with van der Waals surface area (Å²) in [6.45, 7) is 1.92. The van der Waals surface area contributed by atoms with E-state index < -0.39 is 11.6 Å². The quantitative estimate of drug-likeness (QED) is 0.777. The number of thiazole rings is 1. The van der Waals surface area contributed by atoms with E-state index >= 15 is 0 Å². The zero-order valence-corrected chi connectivity index (χ0v) is 11.9. The Hall–Kier alpha value is -2.34. The normalized spacial score (nSPS) is 10.8. The molecule has 2 heterocycles. The van der Waals surface area contributed by atoms with Crippen LogP contribution in [0.25, 0.3) is 21.8 Å². The van der Waals surface area contributed by atoms with E-state index in [1.54, 1.807) is 6.20 Å². The summed E-state index contributed by atoms with van der Waals surface area (Å²) in [5.41, 5.74) is 8.48. The molecule has 1 aromatic carbocycles. The molecular weight excluding hydrogens is 292 g/mol. The van der Waals surface area contributed by atoms with Crippen LogP contribution in [0.15, 0.2) is 36.5 Å². The number of benzene rings is 1. The second-order valence-electron chi connectivity index (χ2n) is 4.53. The van der Waals surface area contributed by atoms with Gasteiger partial charge in [-0.1, -0.05) is 17.4 Å². The third-order valence-corrected chi connectivity index (χ3v) is 3.95. The lowest BCUT2D eigenvalue weighted by Gasteiger charge is -2.05. The van der Waals surface area contributed by atoms with Gasteiger partial charge in [0.25, 0.3) is 0 Å². The topological polar surface area (TPSA) is 51.8 Å². The summed E-state index contributed by atoms with van der Waals surface area (Å²) in [5.74, 6) is -1.81. The standard InChI is InChI=1S/C15H11F2N3S/c1-8-3-2-6-19-12(8)14-13(20-15(18)21-14)9-4-5-10(16)11(17)7-9/h2-7H,1H3,(H2,18,20). The predicted octanol–water partition coefficient (Wildman–Crippen LogP) is 4.04. The number of halogens is 2. The fraction of sp³-hybridized carbons (Fsp3) is 0.0667. The molecule has 0 aliphatic rings. The maximum atomic E-state index is 13.4. The number of nitrogen functional groups attached to an aromatic ring is 1. The SMILES string of the molecule is Cc1cccnc1-c1sc(N)nc1-c1ccc(F)c(F)c1. The van der Waals surface area contributed by atoms with Gasteiger partial charge in [0, 0.05) is 11.8 Å². The van der Waals surface area contributed by atoms with Crippen LogP contribution in [-0.4, -0.2) is 9.97 Å². The van der Waals surface area contributed by atoms with Crippen molar-refractivity contribution in [3.8, 4) is 21.8 Å². The average molecular weight is 303 g/mol. The lowest BCUT2D eigenvalue weighted by atomic mass is 10.1. The van der Waals surface area contributed by atoms with E-state index in [0.29, 0.717) is 16.4 Å². The van der Waals surface area contributed by atoms with Crippen LogP contribution in [0.5, 0.6) is 0 Å². The van der Waals surface area contributed by atoms with Gasteiger partial charge in [-0.05, 0) is 36.8 Å². The van der Waals surface area contributed by atoms with Crippen molar-refractivity contribution in [2.75, 3.05) is 5.73 Å². The molecule has 0 aliphatic heterocycles. The van der Waals surface area contributed by atoms with E-state index in [2.05, 4.69) is 9.97 Å². The second-order valence-corrected chi connectivity index (χ2v) is 5.56. The number of hydrogen-bond acceptors (Lipinski definition) is 4. The summed E-state index contributed by atoms with van der Waals surface area (Å²) in [5, 5.41) is 0.356. The highest BCUT2D eigenvalue weighted by atomic mass is 32.1. The van der Waals surface area contributed by atoms with Crippen LogP contribution in [0.1, 0.15) is 5.56 Å². The molecule has 0 bridgehead atoms. The Morgan fingerprint density at radius 3 is 2.62 bits per heavy atom. The van der Waals surface area contributed by atoms with E-state index in [1.165, 1.54) is 17.4 Å². The highest BCUT2D eigenvalue weighted by molar-refractivity contribution is 7.19. The Kier molecular flexibility index (Phi) is 3.39. The molecule has 3 aromatic rings. The van der Waals surface area contributed by atoms with Crippen molar-refractivity contribution >= 4 is 16.5 Å². The van der Waals surface area contributed by atoms with E-state index in [1.807, 2.05) is 19.1 Å². The highest BCUT2D eigenvalue weighted by Crippen LogP contribution is 2.38. The van der Waals surface area contributed by atoms with Crippen molar-refractivity contribution in [3.05, 3.63) is 53.7 Å². The first-order valence-corrected chi connectivity index (χ1v) is 7.01. The van der Waals surface area contributed by atoms with Gasteiger partial charge < -0.3 is 5.73 Å². The second kappa shape index (κ2) is 5.21. The number of aryl methyl sites for hydroxylation is 1. The summed E-state index contributed by atoms with van der Waals surface area (Å²) in [7, 11) is 0. The summed E-state index contributed by atoms with van der Waals surface area (Å²) in [4.78, 5) is 9.32. The Bertz CT molecular complexity index is 814. The van der Waals surface area contributed by atoms with Crippen molar-refractivity contribution in [1.29, 1.82) is 0 Å². The zero-order chi connectivity index (χ0) is 15.0. The zero-order valence-electron chi connectivity index (χ0n) is 11.1. The number of pyridine rings is 1. The number of nitrogens with two attached hydrogens (primary N) is 1. The molecule has 3 nitrogen and oxygen atoms in total. The minimum atomic E-state index is -0.914. The largest absolute Gasteiger partial charge is 0.375 e. The molecule has 0 unspecified atom stereocenters. The highest BCUT2D eigenvalue weighted by Gasteiger charge is 2.17. The maximum Gasteiger partial charge on any atom is 0.181 e. The molecule has 106 valence electrons. The van der Waals surface area contributed by atoms with Crippen LogP contribution in [0.2, 0.25) is 0 Å². The molecule has 0 atom stereocenters. The lowest BCUT2D eigenvalue weighted by Crippen LogP contribution is -1.90. The predicted molar refractivity (Wildman–Crippen MR) is 79.8 cm³/mol. The third kappa shape index (κ3) is 2.50. The van der Waals surface area contributed by atoms with Crippen LogP contribution in [0.4, 0.5) is 13.9 Å². The van der Waals surface area contributed by atoms with Crippen LogP contribution in [0.3, 0.4) is 0 Å².